The minimum atomic E-state index is -0.950. The number of hydrogen-bond donors (Lipinski definition) is 2. The molecule has 1 rings (SSSR count). The van der Waals surface area contributed by atoms with Crippen LogP contribution < -0.4 is 10.6 Å². The summed E-state index contributed by atoms with van der Waals surface area (Å²) in [4.78, 5) is 51.0. The summed E-state index contributed by atoms with van der Waals surface area (Å²) >= 11 is 0. The number of likely N-dealkylation sites (N-methyl/N-ethyl adjacent to an activating group) is 1. The van der Waals surface area contributed by atoms with Gasteiger partial charge in [0.05, 0.1) is 13.0 Å². The average Bonchev–Trinajstić information content (AvgIpc) is 2.72. The van der Waals surface area contributed by atoms with Gasteiger partial charge in [-0.25, -0.2) is 4.79 Å². The fraction of sp³-hybridized carbons (Fsp3) is 0.583. The van der Waals surface area contributed by atoms with Crippen molar-refractivity contribution in [3.63, 3.8) is 0 Å². The van der Waals surface area contributed by atoms with E-state index in [0.717, 1.165) is 12.0 Å². The zero-order chi connectivity index (χ0) is 25.2. The van der Waals surface area contributed by atoms with Gasteiger partial charge in [-0.1, -0.05) is 31.2 Å². The van der Waals surface area contributed by atoms with Crippen LogP contribution in [0.5, 0.6) is 0 Å². The third-order valence-corrected chi connectivity index (χ3v) is 4.72. The normalized spacial score (nSPS) is 12.8. The van der Waals surface area contributed by atoms with Gasteiger partial charge < -0.3 is 25.0 Å². The first-order chi connectivity index (χ1) is 15.4. The van der Waals surface area contributed by atoms with Gasteiger partial charge in [-0.2, -0.15) is 0 Å². The molecular formula is C24H37N3O6. The average molecular weight is 464 g/mol. The Bertz CT molecular complexity index is 816. The first kappa shape index (κ1) is 27.9. The Morgan fingerprint density at radius 1 is 1.06 bits per heavy atom. The Balaban J connectivity index is 3.00. The smallest absolute Gasteiger partial charge is 0.408 e. The number of hydrogen-bond acceptors (Lipinski definition) is 6. The molecule has 2 N–H and O–H groups in total. The zero-order valence-corrected chi connectivity index (χ0v) is 20.7. The van der Waals surface area contributed by atoms with Crippen LogP contribution in [-0.2, 0) is 30.3 Å². The van der Waals surface area contributed by atoms with Crippen LogP contribution in [0.2, 0.25) is 0 Å². The summed E-state index contributed by atoms with van der Waals surface area (Å²) in [5.41, 5.74) is 0.997. The highest BCUT2D eigenvalue weighted by Gasteiger charge is 2.32. The highest BCUT2D eigenvalue weighted by Crippen LogP contribution is 2.22. The number of carbonyl (C=O) groups excluding carboxylic acids is 4. The van der Waals surface area contributed by atoms with Gasteiger partial charge in [0.15, 0.2) is 0 Å². The Hall–Kier alpha value is -3.10. The minimum absolute atomic E-state index is 0.0232. The SMILES string of the molecule is CCOC(=O)CCNC(=O)C(c1ccc(CC)cc1)N(C)C(=O)C(C)NC(=O)OC(C)(C)C. The van der Waals surface area contributed by atoms with E-state index >= 15 is 0 Å². The predicted molar refractivity (Wildman–Crippen MR) is 124 cm³/mol. The summed E-state index contributed by atoms with van der Waals surface area (Å²) < 4.78 is 10.1. The van der Waals surface area contributed by atoms with Crippen molar-refractivity contribution in [2.75, 3.05) is 20.2 Å². The fourth-order valence-corrected chi connectivity index (χ4v) is 3.08. The number of ether oxygens (including phenoxy) is 2. The van der Waals surface area contributed by atoms with Crippen molar-refractivity contribution in [3.8, 4) is 0 Å². The van der Waals surface area contributed by atoms with Crippen molar-refractivity contribution in [1.29, 1.82) is 0 Å². The van der Waals surface area contributed by atoms with E-state index < -0.39 is 41.6 Å². The molecule has 0 saturated heterocycles. The van der Waals surface area contributed by atoms with Crippen molar-refractivity contribution < 1.29 is 28.7 Å². The van der Waals surface area contributed by atoms with Crippen LogP contribution in [0.15, 0.2) is 24.3 Å². The van der Waals surface area contributed by atoms with E-state index in [4.69, 9.17) is 9.47 Å². The number of nitrogens with one attached hydrogen (secondary N) is 2. The van der Waals surface area contributed by atoms with E-state index in [-0.39, 0.29) is 19.6 Å². The molecule has 9 heteroatoms. The van der Waals surface area contributed by atoms with Gasteiger partial charge in [0.1, 0.15) is 17.7 Å². The Morgan fingerprint density at radius 3 is 2.18 bits per heavy atom. The van der Waals surface area contributed by atoms with E-state index in [2.05, 4.69) is 10.6 Å². The summed E-state index contributed by atoms with van der Waals surface area (Å²) in [6, 6.07) is 5.51. The number of benzene rings is 1. The van der Waals surface area contributed by atoms with Gasteiger partial charge in [-0.05, 0) is 52.2 Å². The topological polar surface area (TPSA) is 114 Å². The van der Waals surface area contributed by atoms with Crippen LogP contribution in [0.1, 0.15) is 65.1 Å². The van der Waals surface area contributed by atoms with Crippen molar-refractivity contribution in [2.24, 2.45) is 0 Å². The summed E-state index contributed by atoms with van der Waals surface area (Å²) in [5, 5.41) is 5.21. The molecule has 0 bridgehead atoms. The van der Waals surface area contributed by atoms with Gasteiger partial charge in [0.25, 0.3) is 0 Å². The Labute approximate surface area is 196 Å². The van der Waals surface area contributed by atoms with E-state index in [1.807, 2.05) is 19.1 Å². The molecule has 0 saturated carbocycles. The van der Waals surface area contributed by atoms with Gasteiger partial charge in [0.2, 0.25) is 11.8 Å². The lowest BCUT2D eigenvalue weighted by atomic mass is 10.0. The molecule has 1 aromatic rings. The number of aryl methyl sites for hydroxylation is 1. The molecule has 0 radical (unpaired) electrons. The Kier molecular flexibility index (Phi) is 10.8. The Morgan fingerprint density at radius 2 is 1.67 bits per heavy atom. The summed E-state index contributed by atoms with van der Waals surface area (Å²) in [7, 11) is 1.50. The molecule has 184 valence electrons. The van der Waals surface area contributed by atoms with E-state index in [1.165, 1.54) is 18.9 Å². The first-order valence-corrected chi connectivity index (χ1v) is 11.2. The largest absolute Gasteiger partial charge is 0.466 e. The molecule has 0 heterocycles. The molecule has 2 unspecified atom stereocenters. The molecule has 0 aliphatic rings. The molecule has 0 aliphatic carbocycles. The van der Waals surface area contributed by atoms with Crippen molar-refractivity contribution in [2.45, 2.75) is 72.1 Å². The first-order valence-electron chi connectivity index (χ1n) is 11.2. The number of amides is 3. The molecule has 2 atom stereocenters. The standard InChI is InChI=1S/C24H37N3O6/c1-8-17-10-12-18(13-11-17)20(21(29)25-15-14-19(28)32-9-2)27(7)22(30)16(3)26-23(31)33-24(4,5)6/h10-13,16,20H,8-9,14-15H2,1-7H3,(H,25,29)(H,26,31). The maximum atomic E-state index is 13.1. The molecule has 0 aliphatic heterocycles. The van der Waals surface area contributed by atoms with Gasteiger partial charge in [-0.3, -0.25) is 14.4 Å². The van der Waals surface area contributed by atoms with E-state index in [0.29, 0.717) is 5.56 Å². The quantitative estimate of drug-likeness (QED) is 0.516. The molecule has 0 spiro atoms. The lowest BCUT2D eigenvalue weighted by Crippen LogP contribution is -2.50. The van der Waals surface area contributed by atoms with Crippen LogP contribution in [0.25, 0.3) is 0 Å². The zero-order valence-electron chi connectivity index (χ0n) is 20.7. The summed E-state index contributed by atoms with van der Waals surface area (Å²) in [6.07, 6.45) is 0.136. The van der Waals surface area contributed by atoms with Crippen molar-refractivity contribution in [1.82, 2.24) is 15.5 Å². The molecule has 3 amide bonds. The lowest BCUT2D eigenvalue weighted by Gasteiger charge is -2.30. The van der Waals surface area contributed by atoms with Gasteiger partial charge in [-0.15, -0.1) is 0 Å². The van der Waals surface area contributed by atoms with E-state index in [9.17, 15) is 19.2 Å². The molecule has 9 nitrogen and oxygen atoms in total. The number of nitrogens with zero attached hydrogens (tertiary/aromatic N) is 1. The molecular weight excluding hydrogens is 426 g/mol. The molecule has 0 aromatic heterocycles. The van der Waals surface area contributed by atoms with Crippen LogP contribution in [-0.4, -0.2) is 60.6 Å². The lowest BCUT2D eigenvalue weighted by molar-refractivity contribution is -0.143. The fourth-order valence-electron chi connectivity index (χ4n) is 3.08. The molecule has 1 aromatic carbocycles. The van der Waals surface area contributed by atoms with Crippen LogP contribution in [0.4, 0.5) is 4.79 Å². The highest BCUT2D eigenvalue weighted by atomic mass is 16.6. The monoisotopic (exact) mass is 463 g/mol. The maximum Gasteiger partial charge on any atom is 0.408 e. The third-order valence-electron chi connectivity index (χ3n) is 4.72. The maximum absolute atomic E-state index is 13.1. The number of alkyl carbamates (subject to hydrolysis) is 1. The van der Waals surface area contributed by atoms with Gasteiger partial charge in [0, 0.05) is 13.6 Å². The second kappa shape index (κ2) is 12.8. The second-order valence-corrected chi connectivity index (χ2v) is 8.66. The predicted octanol–water partition coefficient (Wildman–Crippen LogP) is 2.73. The second-order valence-electron chi connectivity index (χ2n) is 8.66. The van der Waals surface area contributed by atoms with E-state index in [1.54, 1.807) is 39.8 Å². The van der Waals surface area contributed by atoms with Crippen molar-refractivity contribution >= 4 is 23.9 Å². The summed E-state index contributed by atoms with van der Waals surface area (Å²) in [5.74, 6) is -1.32. The van der Waals surface area contributed by atoms with Crippen molar-refractivity contribution in [3.05, 3.63) is 35.4 Å². The van der Waals surface area contributed by atoms with Crippen LogP contribution in [0.3, 0.4) is 0 Å². The van der Waals surface area contributed by atoms with Crippen LogP contribution >= 0.6 is 0 Å². The number of rotatable bonds is 10. The number of esters is 1. The highest BCUT2D eigenvalue weighted by molar-refractivity contribution is 5.91. The number of carbonyl (C=O) groups is 4. The van der Waals surface area contributed by atoms with Gasteiger partial charge >= 0.3 is 12.1 Å². The summed E-state index contributed by atoms with van der Waals surface area (Å²) in [6.45, 7) is 10.8. The minimum Gasteiger partial charge on any atom is -0.466 e. The van der Waals surface area contributed by atoms with Crippen LogP contribution in [0, 0.1) is 0 Å². The molecule has 33 heavy (non-hydrogen) atoms. The third kappa shape index (κ3) is 9.51. The molecule has 0 fully saturated rings.